The summed E-state index contributed by atoms with van der Waals surface area (Å²) in [6.07, 6.45) is 15.4. The molecule has 1 aromatic carbocycles. The number of hydrogen-bond acceptors (Lipinski definition) is 5. The topological polar surface area (TPSA) is 86.9 Å². The molecule has 1 aliphatic heterocycles. The first-order valence-electron chi connectivity index (χ1n) is 10.4. The Bertz CT molecular complexity index is 1170. The molecule has 0 radical (unpaired) electrons. The molecule has 158 valence electrons. The molecule has 8 nitrogen and oxygen atoms in total. The molecular formula is C23H24N6O2. The minimum Gasteiger partial charge on any atom is -0.495 e. The van der Waals surface area contributed by atoms with Crippen LogP contribution in [0.1, 0.15) is 24.6 Å². The molecule has 1 saturated heterocycles. The maximum Gasteiger partial charge on any atom is 0.245 e. The highest BCUT2D eigenvalue weighted by molar-refractivity contribution is 5.81. The first kappa shape index (κ1) is 19.3. The third-order valence-corrected chi connectivity index (χ3v) is 5.93. The van der Waals surface area contributed by atoms with E-state index in [2.05, 4.69) is 26.7 Å². The van der Waals surface area contributed by atoms with E-state index in [-0.39, 0.29) is 18.0 Å². The Morgan fingerprint density at radius 2 is 2.03 bits per heavy atom. The van der Waals surface area contributed by atoms with Crippen LogP contribution < -0.4 is 10.1 Å². The van der Waals surface area contributed by atoms with Crippen LogP contribution in [0.5, 0.6) is 5.75 Å². The van der Waals surface area contributed by atoms with E-state index in [1.807, 2.05) is 60.3 Å². The van der Waals surface area contributed by atoms with Crippen molar-refractivity contribution in [2.24, 2.45) is 5.92 Å². The second-order valence-corrected chi connectivity index (χ2v) is 7.95. The van der Waals surface area contributed by atoms with Gasteiger partial charge in [0.1, 0.15) is 17.5 Å². The van der Waals surface area contributed by atoms with E-state index < -0.39 is 0 Å². The highest BCUT2D eigenvalue weighted by Gasteiger charge is 2.32. The van der Waals surface area contributed by atoms with Crippen LogP contribution in [0.2, 0.25) is 0 Å². The summed E-state index contributed by atoms with van der Waals surface area (Å²) < 4.78 is 9.20. The van der Waals surface area contributed by atoms with Gasteiger partial charge in [-0.05, 0) is 31.9 Å². The Morgan fingerprint density at radius 1 is 1.16 bits per heavy atom. The number of nitrogens with zero attached hydrogens (tertiary/aromatic N) is 5. The summed E-state index contributed by atoms with van der Waals surface area (Å²) in [6, 6.07) is 5.54. The zero-order valence-electron chi connectivity index (χ0n) is 17.5. The van der Waals surface area contributed by atoms with E-state index in [0.717, 1.165) is 29.8 Å². The maximum absolute atomic E-state index is 12.8. The first-order valence-corrected chi connectivity index (χ1v) is 10.4. The molecule has 3 atom stereocenters. The molecule has 3 aromatic rings. The van der Waals surface area contributed by atoms with Crippen LogP contribution in [0.15, 0.2) is 61.2 Å². The summed E-state index contributed by atoms with van der Waals surface area (Å²) in [6.45, 7) is 1.95. The summed E-state index contributed by atoms with van der Waals surface area (Å²) in [5.41, 5.74) is 3.39. The van der Waals surface area contributed by atoms with Crippen LogP contribution in [0, 0.1) is 12.8 Å². The lowest BCUT2D eigenvalue weighted by molar-refractivity contribution is -0.124. The minimum atomic E-state index is -0.372. The average molecular weight is 416 g/mol. The molecule has 5 rings (SSSR count). The van der Waals surface area contributed by atoms with Gasteiger partial charge in [0, 0.05) is 17.7 Å². The number of imidazole rings is 1. The number of methoxy groups -OCH3 is 1. The number of fused-ring (bicyclic) bond motifs is 1. The number of allylic oxidation sites excluding steroid dienone is 2. The van der Waals surface area contributed by atoms with Crippen molar-refractivity contribution in [2.45, 2.75) is 31.8 Å². The van der Waals surface area contributed by atoms with Crippen molar-refractivity contribution < 1.29 is 9.53 Å². The number of amides is 1. The predicted molar refractivity (Wildman–Crippen MR) is 116 cm³/mol. The Morgan fingerprint density at radius 3 is 2.84 bits per heavy atom. The molecule has 0 saturated carbocycles. The third kappa shape index (κ3) is 3.65. The van der Waals surface area contributed by atoms with Crippen molar-refractivity contribution in [2.75, 3.05) is 7.11 Å². The summed E-state index contributed by atoms with van der Waals surface area (Å²) in [7, 11) is 1.64. The zero-order valence-corrected chi connectivity index (χ0v) is 17.5. The number of nitrogens with one attached hydrogen (secondary N) is 1. The molecule has 8 heteroatoms. The number of aromatic nitrogens is 5. The molecule has 0 spiro atoms. The average Bonchev–Trinajstić information content (AvgIpc) is 3.40. The van der Waals surface area contributed by atoms with Crippen molar-refractivity contribution in [3.05, 3.63) is 66.9 Å². The van der Waals surface area contributed by atoms with Crippen LogP contribution in [0.3, 0.4) is 0 Å². The normalized spacial score (nSPS) is 22.6. The Balaban J connectivity index is 1.41. The van der Waals surface area contributed by atoms with Gasteiger partial charge in [-0.25, -0.2) is 9.67 Å². The standard InChI is InChI=1S/C23H24N6O2/c1-15-12-28(14-24-15)20-9-8-17(11-22(20)31-2)19-13-29(27-26-19)21-10-7-16-5-3-4-6-18(16)25-23(21)30/h3-6,8-9,11-14,16,18,21H,7,10H2,1-2H3,(H,25,30). The number of rotatable bonds is 4. The Labute approximate surface area is 180 Å². The van der Waals surface area contributed by atoms with Gasteiger partial charge in [-0.1, -0.05) is 35.6 Å². The molecule has 2 aliphatic rings. The van der Waals surface area contributed by atoms with E-state index in [0.29, 0.717) is 17.4 Å². The number of aryl methyl sites for hydroxylation is 1. The van der Waals surface area contributed by atoms with E-state index in [1.54, 1.807) is 18.1 Å². The van der Waals surface area contributed by atoms with Gasteiger partial charge in [0.15, 0.2) is 0 Å². The van der Waals surface area contributed by atoms with Gasteiger partial charge in [0.2, 0.25) is 5.91 Å². The first-order chi connectivity index (χ1) is 15.1. The smallest absolute Gasteiger partial charge is 0.245 e. The van der Waals surface area contributed by atoms with Crippen molar-refractivity contribution >= 4 is 5.91 Å². The summed E-state index contributed by atoms with van der Waals surface area (Å²) in [4.78, 5) is 17.1. The molecule has 1 N–H and O–H groups in total. The lowest BCUT2D eigenvalue weighted by Gasteiger charge is -2.21. The summed E-state index contributed by atoms with van der Waals surface area (Å²) in [5.74, 6) is 1.01. The highest BCUT2D eigenvalue weighted by Crippen LogP contribution is 2.31. The predicted octanol–water partition coefficient (Wildman–Crippen LogP) is 3.01. The molecule has 1 aliphatic carbocycles. The van der Waals surface area contributed by atoms with E-state index in [9.17, 15) is 4.79 Å². The number of benzene rings is 1. The van der Waals surface area contributed by atoms with Crippen LogP contribution in [0.25, 0.3) is 16.9 Å². The number of carbonyl (C=O) groups excluding carboxylic acids is 1. The largest absolute Gasteiger partial charge is 0.495 e. The van der Waals surface area contributed by atoms with Gasteiger partial charge in [-0.3, -0.25) is 4.79 Å². The third-order valence-electron chi connectivity index (χ3n) is 5.93. The maximum atomic E-state index is 12.8. The van der Waals surface area contributed by atoms with Crippen molar-refractivity contribution in [3.63, 3.8) is 0 Å². The van der Waals surface area contributed by atoms with Crippen LogP contribution in [0.4, 0.5) is 0 Å². The molecule has 2 aromatic heterocycles. The van der Waals surface area contributed by atoms with Crippen molar-refractivity contribution in [1.29, 1.82) is 0 Å². The summed E-state index contributed by atoms with van der Waals surface area (Å²) >= 11 is 0. The number of ether oxygens (including phenoxy) is 1. The second-order valence-electron chi connectivity index (χ2n) is 7.95. The highest BCUT2D eigenvalue weighted by atomic mass is 16.5. The van der Waals surface area contributed by atoms with Crippen LogP contribution in [-0.2, 0) is 4.79 Å². The second kappa shape index (κ2) is 7.86. The van der Waals surface area contributed by atoms with Gasteiger partial charge < -0.3 is 14.6 Å². The van der Waals surface area contributed by atoms with Crippen molar-refractivity contribution in [1.82, 2.24) is 29.9 Å². The van der Waals surface area contributed by atoms with Crippen LogP contribution in [-0.4, -0.2) is 43.6 Å². The molecule has 3 heterocycles. The van der Waals surface area contributed by atoms with E-state index in [1.165, 1.54) is 0 Å². The number of carbonyl (C=O) groups is 1. The van der Waals surface area contributed by atoms with Gasteiger partial charge in [0.25, 0.3) is 0 Å². The fraction of sp³-hybridized carbons (Fsp3) is 0.304. The quantitative estimate of drug-likeness (QED) is 0.707. The lowest BCUT2D eigenvalue weighted by Crippen LogP contribution is -2.39. The van der Waals surface area contributed by atoms with Crippen LogP contribution >= 0.6 is 0 Å². The van der Waals surface area contributed by atoms with E-state index >= 15 is 0 Å². The van der Waals surface area contributed by atoms with Gasteiger partial charge in [0.05, 0.1) is 37.1 Å². The molecule has 31 heavy (non-hydrogen) atoms. The van der Waals surface area contributed by atoms with Gasteiger partial charge in [-0.2, -0.15) is 0 Å². The van der Waals surface area contributed by atoms with Gasteiger partial charge >= 0.3 is 0 Å². The molecular weight excluding hydrogens is 392 g/mol. The number of hydrogen-bond donors (Lipinski definition) is 1. The molecule has 1 amide bonds. The minimum absolute atomic E-state index is 0.0210. The van der Waals surface area contributed by atoms with Crippen molar-refractivity contribution in [3.8, 4) is 22.7 Å². The SMILES string of the molecule is COc1cc(-c2cn(C3CCC4C=CC=CC4NC3=O)nn2)ccc1-n1cnc(C)c1. The summed E-state index contributed by atoms with van der Waals surface area (Å²) in [5, 5.41) is 11.7. The fourth-order valence-corrected chi connectivity index (χ4v) is 4.24. The van der Waals surface area contributed by atoms with E-state index in [4.69, 9.17) is 4.74 Å². The molecule has 1 fully saturated rings. The van der Waals surface area contributed by atoms with Gasteiger partial charge in [-0.15, -0.1) is 5.10 Å². The lowest BCUT2D eigenvalue weighted by atomic mass is 9.91. The Kier molecular flexibility index (Phi) is 4.89. The molecule has 0 bridgehead atoms. The molecule has 3 unspecified atom stereocenters. The fourth-order valence-electron chi connectivity index (χ4n) is 4.24. The zero-order chi connectivity index (χ0) is 21.4. The Hall–Kier alpha value is -3.68. The monoisotopic (exact) mass is 416 g/mol.